The molecule has 2 heterocycles. The van der Waals surface area contributed by atoms with Gasteiger partial charge in [-0.3, -0.25) is 4.68 Å². The molecule has 1 aromatic rings. The Balaban J connectivity index is 2.12. The molecule has 1 aliphatic rings. The molecule has 0 aromatic carbocycles. The zero-order valence-electron chi connectivity index (χ0n) is 8.44. The lowest BCUT2D eigenvalue weighted by Gasteiger charge is -2.24. The van der Waals surface area contributed by atoms with Gasteiger partial charge < -0.3 is 10.5 Å². The summed E-state index contributed by atoms with van der Waals surface area (Å²) in [6.07, 6.45) is 3.46. The number of aromatic nitrogens is 3. The lowest BCUT2D eigenvalue weighted by molar-refractivity contribution is 0.153. The summed E-state index contributed by atoms with van der Waals surface area (Å²) in [7, 11) is 1.91. The number of aryl methyl sites for hydroxylation is 1. The minimum absolute atomic E-state index is 0.0841. The third kappa shape index (κ3) is 1.65. The molecule has 1 atom stereocenters. The molecule has 2 rings (SSSR count). The Kier molecular flexibility index (Phi) is 2.52. The predicted molar refractivity (Wildman–Crippen MR) is 51.6 cm³/mol. The molecule has 1 saturated heterocycles. The van der Waals surface area contributed by atoms with E-state index in [0.717, 1.165) is 31.9 Å². The summed E-state index contributed by atoms with van der Waals surface area (Å²) < 4.78 is 7.20. The predicted octanol–water partition coefficient (Wildman–Crippen LogP) is -0.277. The Morgan fingerprint density at radius 2 is 2.57 bits per heavy atom. The van der Waals surface area contributed by atoms with E-state index >= 15 is 0 Å². The van der Waals surface area contributed by atoms with Crippen molar-refractivity contribution in [2.45, 2.75) is 12.8 Å². The molecule has 1 aromatic heterocycles. The standard InChI is InChI=1S/C9H16N4O/c1-13-8(11-7-12-13)4-9(5-10)2-3-14-6-9/h7H,2-6,10H2,1H3. The average molecular weight is 196 g/mol. The number of nitrogens with zero attached hydrogens (tertiary/aromatic N) is 3. The molecule has 0 amide bonds. The highest BCUT2D eigenvalue weighted by atomic mass is 16.5. The van der Waals surface area contributed by atoms with E-state index in [1.54, 1.807) is 11.0 Å². The van der Waals surface area contributed by atoms with Crippen LogP contribution in [0.25, 0.3) is 0 Å². The van der Waals surface area contributed by atoms with Gasteiger partial charge in [0.1, 0.15) is 12.2 Å². The van der Waals surface area contributed by atoms with Crippen molar-refractivity contribution in [1.82, 2.24) is 14.8 Å². The molecule has 5 heteroatoms. The van der Waals surface area contributed by atoms with Crippen molar-refractivity contribution in [2.24, 2.45) is 18.2 Å². The molecule has 0 aliphatic carbocycles. The molecule has 5 nitrogen and oxygen atoms in total. The number of rotatable bonds is 3. The Morgan fingerprint density at radius 3 is 3.07 bits per heavy atom. The first-order chi connectivity index (χ1) is 6.76. The van der Waals surface area contributed by atoms with Gasteiger partial charge in [0.15, 0.2) is 0 Å². The molecule has 1 unspecified atom stereocenters. The van der Waals surface area contributed by atoms with Crippen LogP contribution in [0.5, 0.6) is 0 Å². The van der Waals surface area contributed by atoms with Crippen LogP contribution in [0.3, 0.4) is 0 Å². The quantitative estimate of drug-likeness (QED) is 0.722. The van der Waals surface area contributed by atoms with Crippen molar-refractivity contribution in [2.75, 3.05) is 19.8 Å². The highest BCUT2D eigenvalue weighted by Crippen LogP contribution is 2.30. The van der Waals surface area contributed by atoms with E-state index in [-0.39, 0.29) is 5.41 Å². The van der Waals surface area contributed by atoms with Crippen molar-refractivity contribution < 1.29 is 4.74 Å². The van der Waals surface area contributed by atoms with Crippen molar-refractivity contribution in [3.05, 3.63) is 12.2 Å². The van der Waals surface area contributed by atoms with Gasteiger partial charge in [0, 0.05) is 32.0 Å². The van der Waals surface area contributed by atoms with Crippen LogP contribution in [-0.4, -0.2) is 34.5 Å². The van der Waals surface area contributed by atoms with E-state index in [1.807, 2.05) is 7.05 Å². The fraction of sp³-hybridized carbons (Fsp3) is 0.778. The van der Waals surface area contributed by atoms with Gasteiger partial charge in [-0.2, -0.15) is 5.10 Å². The molecular formula is C9H16N4O. The van der Waals surface area contributed by atoms with Gasteiger partial charge in [-0.15, -0.1) is 0 Å². The maximum atomic E-state index is 5.80. The van der Waals surface area contributed by atoms with Crippen LogP contribution in [0.15, 0.2) is 6.33 Å². The number of nitrogens with two attached hydrogens (primary N) is 1. The van der Waals surface area contributed by atoms with Gasteiger partial charge in [0.2, 0.25) is 0 Å². The van der Waals surface area contributed by atoms with Crippen LogP contribution < -0.4 is 5.73 Å². The van der Waals surface area contributed by atoms with Crippen LogP contribution in [0.2, 0.25) is 0 Å². The first kappa shape index (κ1) is 9.61. The third-order valence-corrected chi connectivity index (χ3v) is 2.96. The Morgan fingerprint density at radius 1 is 1.71 bits per heavy atom. The third-order valence-electron chi connectivity index (χ3n) is 2.96. The van der Waals surface area contributed by atoms with E-state index in [0.29, 0.717) is 6.54 Å². The van der Waals surface area contributed by atoms with Gasteiger partial charge >= 0.3 is 0 Å². The minimum atomic E-state index is 0.0841. The molecule has 1 fully saturated rings. The van der Waals surface area contributed by atoms with Crippen LogP contribution in [-0.2, 0) is 18.2 Å². The Bertz CT molecular complexity index is 304. The van der Waals surface area contributed by atoms with Gasteiger partial charge in [-0.05, 0) is 6.42 Å². The van der Waals surface area contributed by atoms with Crippen LogP contribution in [0, 0.1) is 5.41 Å². The van der Waals surface area contributed by atoms with Crippen molar-refractivity contribution in [3.8, 4) is 0 Å². The summed E-state index contributed by atoms with van der Waals surface area (Å²) in [5.41, 5.74) is 5.88. The van der Waals surface area contributed by atoms with E-state index in [4.69, 9.17) is 10.5 Å². The fourth-order valence-corrected chi connectivity index (χ4v) is 1.84. The Hall–Kier alpha value is -0.940. The summed E-state index contributed by atoms with van der Waals surface area (Å²) in [5.74, 6) is 0.987. The molecule has 78 valence electrons. The number of hydrogen-bond acceptors (Lipinski definition) is 4. The second kappa shape index (κ2) is 3.67. The van der Waals surface area contributed by atoms with Gasteiger partial charge in [-0.25, -0.2) is 4.98 Å². The molecular weight excluding hydrogens is 180 g/mol. The fourth-order valence-electron chi connectivity index (χ4n) is 1.84. The summed E-state index contributed by atoms with van der Waals surface area (Å²) in [5, 5.41) is 4.05. The van der Waals surface area contributed by atoms with E-state index in [1.165, 1.54) is 0 Å². The van der Waals surface area contributed by atoms with Crippen LogP contribution in [0.4, 0.5) is 0 Å². The highest BCUT2D eigenvalue weighted by molar-refractivity contribution is 4.96. The lowest BCUT2D eigenvalue weighted by atomic mass is 9.83. The van der Waals surface area contributed by atoms with Crippen LogP contribution in [0.1, 0.15) is 12.2 Å². The summed E-state index contributed by atoms with van der Waals surface area (Å²) in [4.78, 5) is 4.21. The average Bonchev–Trinajstić information content (AvgIpc) is 2.79. The van der Waals surface area contributed by atoms with Crippen LogP contribution >= 0.6 is 0 Å². The first-order valence-corrected chi connectivity index (χ1v) is 4.86. The van der Waals surface area contributed by atoms with Gasteiger partial charge in [0.25, 0.3) is 0 Å². The molecule has 0 radical (unpaired) electrons. The minimum Gasteiger partial charge on any atom is -0.381 e. The Labute approximate surface area is 83.3 Å². The van der Waals surface area contributed by atoms with Crippen molar-refractivity contribution >= 4 is 0 Å². The summed E-state index contributed by atoms with van der Waals surface area (Å²) >= 11 is 0. The SMILES string of the molecule is Cn1ncnc1CC1(CN)CCOC1. The maximum Gasteiger partial charge on any atom is 0.138 e. The van der Waals surface area contributed by atoms with E-state index in [9.17, 15) is 0 Å². The van der Waals surface area contributed by atoms with E-state index in [2.05, 4.69) is 10.1 Å². The molecule has 0 saturated carbocycles. The topological polar surface area (TPSA) is 66.0 Å². The first-order valence-electron chi connectivity index (χ1n) is 4.86. The van der Waals surface area contributed by atoms with Gasteiger partial charge in [-0.1, -0.05) is 0 Å². The monoisotopic (exact) mass is 196 g/mol. The summed E-state index contributed by atoms with van der Waals surface area (Å²) in [6, 6.07) is 0. The second-order valence-corrected chi connectivity index (χ2v) is 3.98. The largest absolute Gasteiger partial charge is 0.381 e. The second-order valence-electron chi connectivity index (χ2n) is 3.98. The van der Waals surface area contributed by atoms with Crippen molar-refractivity contribution in [3.63, 3.8) is 0 Å². The summed E-state index contributed by atoms with van der Waals surface area (Å²) in [6.45, 7) is 2.21. The molecule has 1 aliphatic heterocycles. The maximum absolute atomic E-state index is 5.80. The molecule has 14 heavy (non-hydrogen) atoms. The molecule has 0 bridgehead atoms. The number of hydrogen-bond donors (Lipinski definition) is 1. The van der Waals surface area contributed by atoms with E-state index < -0.39 is 0 Å². The van der Waals surface area contributed by atoms with Crippen molar-refractivity contribution in [1.29, 1.82) is 0 Å². The normalized spacial score (nSPS) is 27.0. The smallest absolute Gasteiger partial charge is 0.138 e. The highest BCUT2D eigenvalue weighted by Gasteiger charge is 2.34. The lowest BCUT2D eigenvalue weighted by Crippen LogP contribution is -2.34. The van der Waals surface area contributed by atoms with Gasteiger partial charge in [0.05, 0.1) is 6.61 Å². The molecule has 2 N–H and O–H groups in total. The zero-order valence-corrected chi connectivity index (χ0v) is 8.44. The number of ether oxygens (including phenoxy) is 1. The zero-order chi connectivity index (χ0) is 10.0. The molecule has 0 spiro atoms.